The molecule has 4 aliphatic carbocycles. The van der Waals surface area contributed by atoms with E-state index in [1.165, 1.54) is 25.5 Å². The zero-order chi connectivity index (χ0) is 36.9. The van der Waals surface area contributed by atoms with Crippen LogP contribution in [0.25, 0.3) is 0 Å². The number of esters is 2. The summed E-state index contributed by atoms with van der Waals surface area (Å²) < 4.78 is 95.1. The van der Waals surface area contributed by atoms with Gasteiger partial charge in [0, 0.05) is 6.42 Å². The Morgan fingerprint density at radius 3 is 1.73 bits per heavy atom. The van der Waals surface area contributed by atoms with Gasteiger partial charge < -0.3 is 14.6 Å². The number of aliphatic hydroxyl groups is 1. The summed E-state index contributed by atoms with van der Waals surface area (Å²) >= 11 is 0. The second kappa shape index (κ2) is 16.2. The normalized spacial score (nSPS) is 27.2. The second-order valence-corrected chi connectivity index (χ2v) is 16.8. The van der Waals surface area contributed by atoms with E-state index < -0.39 is 49.1 Å². The van der Waals surface area contributed by atoms with E-state index in [-0.39, 0.29) is 22.4 Å². The molecule has 0 heterocycles. The summed E-state index contributed by atoms with van der Waals surface area (Å²) in [5.74, 6) is -0.0823. The number of alkyl halides is 2. The number of benzene rings is 1. The topological polar surface area (TPSA) is 182 Å². The maximum absolute atomic E-state index is 12.9. The van der Waals surface area contributed by atoms with E-state index in [9.17, 15) is 40.3 Å². The van der Waals surface area contributed by atoms with Crippen LogP contribution in [0.4, 0.5) is 8.78 Å². The van der Waals surface area contributed by atoms with Crippen LogP contribution in [-0.2, 0) is 39.3 Å². The molecule has 15 heteroatoms. The minimum Gasteiger partial charge on any atom is -0.459 e. The highest BCUT2D eigenvalue weighted by Gasteiger charge is 2.59. The zero-order valence-corrected chi connectivity index (χ0v) is 30.5. The van der Waals surface area contributed by atoms with Crippen LogP contribution in [0.5, 0.6) is 0 Å². The average Bonchev–Trinajstić information content (AvgIpc) is 2.97. The Hall–Kier alpha value is -2.20. The maximum Gasteiger partial charge on any atom is 0.405 e. The molecule has 1 aromatic carbocycles. The molecule has 48 heavy (non-hydrogen) atoms. The van der Waals surface area contributed by atoms with E-state index >= 15 is 0 Å². The standard InChI is InChI=1S/C15H24O3.C10H14O3S.C8H14F2O5S/c1-3-10(2)13(16)18-15-7-11-4-12(8-15)6-14(17,5-11)9-15;1-3-8(2)9-4-6-10(7-5-9)14(11,12)13;1-4-5(2)7(11)15-6(3)8(9,10)16(12,13)14/h10-12,17H,3-9H2,1-2H3;4-8H,3H2,1-2H3,(H,11,12,13);5-6H,4H2,1-3H3,(H,12,13,14). The second-order valence-electron chi connectivity index (χ2n) is 13.9. The van der Waals surface area contributed by atoms with Crippen molar-refractivity contribution in [1.82, 2.24) is 0 Å². The van der Waals surface area contributed by atoms with E-state index in [2.05, 4.69) is 18.6 Å². The van der Waals surface area contributed by atoms with Crippen molar-refractivity contribution in [2.24, 2.45) is 23.7 Å². The maximum atomic E-state index is 12.9. The molecule has 4 fully saturated rings. The van der Waals surface area contributed by atoms with Gasteiger partial charge in [-0.05, 0) is 93.7 Å². The summed E-state index contributed by atoms with van der Waals surface area (Å²) in [4.78, 5) is 23.1. The fourth-order valence-corrected chi connectivity index (χ4v) is 7.62. The first-order chi connectivity index (χ1) is 21.9. The first-order valence-corrected chi connectivity index (χ1v) is 19.4. The van der Waals surface area contributed by atoms with Gasteiger partial charge in [-0.3, -0.25) is 18.7 Å². The Kier molecular flexibility index (Phi) is 14.2. The van der Waals surface area contributed by atoms with E-state index in [1.807, 2.05) is 13.8 Å². The van der Waals surface area contributed by atoms with Crippen molar-refractivity contribution in [2.75, 3.05) is 0 Å². The van der Waals surface area contributed by atoms with E-state index in [4.69, 9.17) is 13.8 Å². The van der Waals surface area contributed by atoms with Crippen LogP contribution >= 0.6 is 0 Å². The van der Waals surface area contributed by atoms with Crippen molar-refractivity contribution in [2.45, 2.75) is 140 Å². The van der Waals surface area contributed by atoms with Crippen LogP contribution in [0, 0.1) is 23.7 Å². The van der Waals surface area contributed by atoms with Gasteiger partial charge in [0.15, 0.2) is 6.10 Å². The van der Waals surface area contributed by atoms with Crippen LogP contribution in [0.1, 0.15) is 118 Å². The minimum absolute atomic E-state index is 0.0207. The van der Waals surface area contributed by atoms with E-state index in [1.54, 1.807) is 19.1 Å². The molecule has 276 valence electrons. The quantitative estimate of drug-likeness (QED) is 0.166. The molecule has 3 N–H and O–H groups in total. The van der Waals surface area contributed by atoms with Crippen molar-refractivity contribution >= 4 is 32.2 Å². The Morgan fingerprint density at radius 1 is 0.854 bits per heavy atom. The van der Waals surface area contributed by atoms with Crippen LogP contribution in [0.3, 0.4) is 0 Å². The third-order valence-corrected chi connectivity index (χ3v) is 11.7. The summed E-state index contributed by atoms with van der Waals surface area (Å²) in [6.45, 7) is 11.9. The molecule has 5 rings (SSSR count). The number of carbonyl (C=O) groups is 2. The molecule has 0 aliphatic heterocycles. The van der Waals surface area contributed by atoms with E-state index in [0.717, 1.165) is 44.1 Å². The summed E-state index contributed by atoms with van der Waals surface area (Å²) in [6, 6.07) is 6.32. The molecule has 0 spiro atoms. The van der Waals surface area contributed by atoms with Crippen LogP contribution in [0.2, 0.25) is 0 Å². The average molecular weight is 727 g/mol. The lowest BCUT2D eigenvalue weighted by molar-refractivity contribution is -0.222. The van der Waals surface area contributed by atoms with Crippen LogP contribution in [0.15, 0.2) is 29.2 Å². The van der Waals surface area contributed by atoms with Crippen LogP contribution < -0.4 is 0 Å². The van der Waals surface area contributed by atoms with Gasteiger partial charge in [-0.1, -0.05) is 53.7 Å². The third kappa shape index (κ3) is 10.9. The molecule has 6 atom stereocenters. The molecule has 4 bridgehead atoms. The summed E-state index contributed by atoms with van der Waals surface area (Å²) in [5, 5.41) is 6.08. The van der Waals surface area contributed by atoms with Gasteiger partial charge in [-0.2, -0.15) is 25.6 Å². The van der Waals surface area contributed by atoms with Crippen molar-refractivity contribution in [1.29, 1.82) is 0 Å². The number of hydrogen-bond acceptors (Lipinski definition) is 9. The first kappa shape index (κ1) is 42.0. The Bertz CT molecular complexity index is 1450. The molecule has 11 nitrogen and oxygen atoms in total. The van der Waals surface area contributed by atoms with Gasteiger partial charge in [0.25, 0.3) is 10.1 Å². The number of halogens is 2. The fourth-order valence-electron chi connectivity index (χ4n) is 6.67. The lowest BCUT2D eigenvalue weighted by Crippen LogP contribution is -2.60. The number of ether oxygens (including phenoxy) is 2. The highest BCUT2D eigenvalue weighted by atomic mass is 32.2. The predicted molar refractivity (Wildman–Crippen MR) is 174 cm³/mol. The zero-order valence-electron chi connectivity index (χ0n) is 28.8. The summed E-state index contributed by atoms with van der Waals surface area (Å²) in [6.07, 6.45) is 5.68. The minimum atomic E-state index is -5.59. The third-order valence-electron chi connectivity index (χ3n) is 9.79. The first-order valence-electron chi connectivity index (χ1n) is 16.5. The lowest BCUT2D eigenvalue weighted by atomic mass is 9.52. The molecule has 4 aliphatic rings. The van der Waals surface area contributed by atoms with Crippen molar-refractivity contribution in [3.05, 3.63) is 29.8 Å². The Morgan fingerprint density at radius 2 is 1.33 bits per heavy atom. The van der Waals surface area contributed by atoms with E-state index in [0.29, 0.717) is 37.5 Å². The van der Waals surface area contributed by atoms with Crippen molar-refractivity contribution in [3.63, 3.8) is 0 Å². The van der Waals surface area contributed by atoms with Gasteiger partial charge in [0.1, 0.15) is 5.60 Å². The largest absolute Gasteiger partial charge is 0.459 e. The van der Waals surface area contributed by atoms with Gasteiger partial charge >= 0.3 is 27.3 Å². The highest BCUT2D eigenvalue weighted by molar-refractivity contribution is 7.87. The number of carbonyl (C=O) groups excluding carboxylic acids is 2. The molecular formula is C33H52F2O11S2. The molecule has 0 amide bonds. The predicted octanol–water partition coefficient (Wildman–Crippen LogP) is 6.55. The number of rotatable bonds is 11. The molecule has 6 unspecified atom stereocenters. The molecule has 0 aromatic heterocycles. The number of hydrogen-bond donors (Lipinski definition) is 3. The fraction of sp³-hybridized carbons (Fsp3) is 0.758. The monoisotopic (exact) mass is 726 g/mol. The molecule has 0 radical (unpaired) electrons. The van der Waals surface area contributed by atoms with Gasteiger partial charge in [0.05, 0.1) is 22.3 Å². The van der Waals surface area contributed by atoms with Crippen molar-refractivity contribution < 1.29 is 58.9 Å². The molecule has 4 saturated carbocycles. The summed E-state index contributed by atoms with van der Waals surface area (Å²) in [5.41, 5.74) is 0.207. The molecular weight excluding hydrogens is 674 g/mol. The smallest absolute Gasteiger partial charge is 0.405 e. The lowest BCUT2D eigenvalue weighted by Gasteiger charge is -2.59. The van der Waals surface area contributed by atoms with Gasteiger partial charge in [0.2, 0.25) is 0 Å². The van der Waals surface area contributed by atoms with Crippen LogP contribution in [-0.4, -0.2) is 65.5 Å². The van der Waals surface area contributed by atoms with Crippen molar-refractivity contribution in [3.8, 4) is 0 Å². The highest BCUT2D eigenvalue weighted by Crippen LogP contribution is 2.59. The SMILES string of the molecule is CCC(C)C(=O)OC(C)C(F)(F)S(=O)(=O)O.CCC(C)C(=O)OC12CC3CC(CC(O)(C3)C1)C2.CCC(C)c1ccc(S(=O)(=O)O)cc1. The molecule has 0 saturated heterocycles. The molecule has 1 aromatic rings. The Balaban J connectivity index is 0.000000253. The van der Waals surface area contributed by atoms with Gasteiger partial charge in [-0.25, -0.2) is 0 Å². The Labute approximate surface area is 283 Å². The summed E-state index contributed by atoms with van der Waals surface area (Å²) in [7, 11) is -9.64. The van der Waals surface area contributed by atoms with Gasteiger partial charge in [-0.15, -0.1) is 0 Å².